The number of rotatable bonds is 8. The third kappa shape index (κ3) is 5.75. The molecule has 1 amide bonds. The molecule has 1 aliphatic rings. The van der Waals surface area contributed by atoms with E-state index in [4.69, 9.17) is 9.47 Å². The third-order valence-corrected chi connectivity index (χ3v) is 5.55. The van der Waals surface area contributed by atoms with Gasteiger partial charge >= 0.3 is 0 Å². The van der Waals surface area contributed by atoms with Crippen LogP contribution < -0.4 is 14.8 Å². The maximum Gasteiger partial charge on any atom is 0.257 e. The number of piperidine rings is 1. The summed E-state index contributed by atoms with van der Waals surface area (Å²) < 4.78 is 10.6. The van der Waals surface area contributed by atoms with Gasteiger partial charge in [-0.2, -0.15) is 0 Å². The molecule has 1 N–H and O–H groups in total. The fourth-order valence-corrected chi connectivity index (χ4v) is 3.85. The predicted octanol–water partition coefficient (Wildman–Crippen LogP) is 3.16. The summed E-state index contributed by atoms with van der Waals surface area (Å²) in [5.41, 5.74) is 0. The summed E-state index contributed by atoms with van der Waals surface area (Å²) >= 11 is 1.82. The van der Waals surface area contributed by atoms with Gasteiger partial charge in [-0.25, -0.2) is 0 Å². The normalized spacial score (nSPS) is 15.6. The highest BCUT2D eigenvalue weighted by atomic mass is 32.1. The lowest BCUT2D eigenvalue weighted by atomic mass is 9.97. The molecule has 0 radical (unpaired) electrons. The molecule has 0 spiro atoms. The highest BCUT2D eigenvalue weighted by molar-refractivity contribution is 7.09. The van der Waals surface area contributed by atoms with Gasteiger partial charge in [0.25, 0.3) is 5.91 Å². The zero-order valence-corrected chi connectivity index (χ0v) is 16.0. The van der Waals surface area contributed by atoms with Gasteiger partial charge in [-0.05, 0) is 67.6 Å². The average Bonchev–Trinajstić information content (AvgIpc) is 3.19. The minimum absolute atomic E-state index is 0.0452. The van der Waals surface area contributed by atoms with Crippen LogP contribution in [0.1, 0.15) is 17.7 Å². The molecule has 26 heavy (non-hydrogen) atoms. The van der Waals surface area contributed by atoms with Crippen molar-refractivity contribution in [2.75, 3.05) is 33.4 Å². The molecule has 1 aromatic heterocycles. The Morgan fingerprint density at radius 1 is 1.19 bits per heavy atom. The van der Waals surface area contributed by atoms with Crippen LogP contribution in [0.3, 0.4) is 0 Å². The Bertz CT molecular complexity index is 665. The third-order valence-electron chi connectivity index (χ3n) is 4.68. The van der Waals surface area contributed by atoms with Gasteiger partial charge in [-0.1, -0.05) is 6.07 Å². The quantitative estimate of drug-likeness (QED) is 0.771. The van der Waals surface area contributed by atoms with Gasteiger partial charge in [0.05, 0.1) is 7.11 Å². The highest BCUT2D eigenvalue weighted by Gasteiger charge is 2.20. The first-order valence-corrected chi connectivity index (χ1v) is 9.89. The van der Waals surface area contributed by atoms with Crippen LogP contribution in [0, 0.1) is 5.92 Å². The van der Waals surface area contributed by atoms with E-state index in [0.717, 1.165) is 44.8 Å². The largest absolute Gasteiger partial charge is 0.497 e. The Morgan fingerprint density at radius 3 is 2.58 bits per heavy atom. The van der Waals surface area contributed by atoms with Crippen LogP contribution in [0.5, 0.6) is 11.5 Å². The standard InChI is InChI=1S/C20H26N2O3S/c1-24-17-4-6-18(7-5-17)25-15-20(23)21-13-16-8-10-22(11-9-16)14-19-3-2-12-26-19/h2-7,12,16H,8-11,13-15H2,1H3,(H,21,23). The van der Waals surface area contributed by atoms with Gasteiger partial charge < -0.3 is 14.8 Å². The summed E-state index contributed by atoms with van der Waals surface area (Å²) in [5, 5.41) is 5.13. The number of carbonyl (C=O) groups is 1. The molecule has 3 rings (SSSR count). The van der Waals surface area contributed by atoms with Crippen LogP contribution in [-0.4, -0.2) is 44.2 Å². The van der Waals surface area contributed by atoms with Gasteiger partial charge in [0.2, 0.25) is 0 Å². The second-order valence-electron chi connectivity index (χ2n) is 6.57. The summed E-state index contributed by atoms with van der Waals surface area (Å²) in [6.07, 6.45) is 2.26. The van der Waals surface area contributed by atoms with Crippen LogP contribution >= 0.6 is 11.3 Å². The first-order valence-electron chi connectivity index (χ1n) is 9.01. The average molecular weight is 375 g/mol. The van der Waals surface area contributed by atoms with Crippen molar-refractivity contribution >= 4 is 17.2 Å². The lowest BCUT2D eigenvalue weighted by Gasteiger charge is -2.31. The Balaban J connectivity index is 1.31. The molecular weight excluding hydrogens is 348 g/mol. The molecule has 2 heterocycles. The number of nitrogens with one attached hydrogen (secondary N) is 1. The number of nitrogens with zero attached hydrogens (tertiary/aromatic N) is 1. The van der Waals surface area contributed by atoms with Gasteiger partial charge in [-0.15, -0.1) is 11.3 Å². The monoisotopic (exact) mass is 374 g/mol. The van der Waals surface area contributed by atoms with Gasteiger partial charge in [0, 0.05) is 18.0 Å². The van der Waals surface area contributed by atoms with E-state index in [9.17, 15) is 4.79 Å². The summed E-state index contributed by atoms with van der Waals surface area (Å²) in [5.74, 6) is 1.93. The molecule has 1 saturated heterocycles. The zero-order chi connectivity index (χ0) is 18.2. The Morgan fingerprint density at radius 2 is 1.92 bits per heavy atom. The predicted molar refractivity (Wildman–Crippen MR) is 104 cm³/mol. The fourth-order valence-electron chi connectivity index (χ4n) is 3.10. The first kappa shape index (κ1) is 18.7. The SMILES string of the molecule is COc1ccc(OCC(=O)NCC2CCN(Cc3cccs3)CC2)cc1. The molecule has 1 aromatic carbocycles. The minimum atomic E-state index is -0.0677. The van der Waals surface area contributed by atoms with Crippen molar-refractivity contribution in [1.29, 1.82) is 0 Å². The van der Waals surface area contributed by atoms with E-state index in [1.807, 2.05) is 23.5 Å². The number of benzene rings is 1. The fraction of sp³-hybridized carbons (Fsp3) is 0.450. The Labute approximate surface area is 158 Å². The van der Waals surface area contributed by atoms with Gasteiger partial charge in [0.1, 0.15) is 11.5 Å². The molecule has 2 aromatic rings. The van der Waals surface area contributed by atoms with Crippen molar-refractivity contribution in [1.82, 2.24) is 10.2 Å². The summed E-state index contributed by atoms with van der Waals surface area (Å²) in [6.45, 7) is 4.02. The van der Waals surface area contributed by atoms with Crippen molar-refractivity contribution < 1.29 is 14.3 Å². The van der Waals surface area contributed by atoms with E-state index in [1.165, 1.54) is 4.88 Å². The molecule has 1 fully saturated rings. The Hall–Kier alpha value is -2.05. The number of hydrogen-bond acceptors (Lipinski definition) is 5. The van der Waals surface area contributed by atoms with E-state index in [2.05, 4.69) is 27.7 Å². The Kier molecular flexibility index (Phi) is 6.91. The van der Waals surface area contributed by atoms with Crippen LogP contribution in [0.15, 0.2) is 41.8 Å². The number of hydrogen-bond donors (Lipinski definition) is 1. The number of ether oxygens (including phenoxy) is 2. The van der Waals surface area contributed by atoms with E-state index in [0.29, 0.717) is 11.7 Å². The second-order valence-corrected chi connectivity index (χ2v) is 7.60. The van der Waals surface area contributed by atoms with E-state index in [1.54, 1.807) is 19.2 Å². The number of amides is 1. The topological polar surface area (TPSA) is 50.8 Å². The van der Waals surface area contributed by atoms with Crippen LogP contribution in [0.4, 0.5) is 0 Å². The number of likely N-dealkylation sites (tertiary alicyclic amines) is 1. The van der Waals surface area contributed by atoms with E-state index in [-0.39, 0.29) is 12.5 Å². The van der Waals surface area contributed by atoms with Gasteiger partial charge in [0.15, 0.2) is 6.61 Å². The molecule has 1 aliphatic heterocycles. The maximum atomic E-state index is 12.0. The van der Waals surface area contributed by atoms with Crippen molar-refractivity contribution in [2.24, 2.45) is 5.92 Å². The first-order chi connectivity index (χ1) is 12.7. The molecule has 5 nitrogen and oxygen atoms in total. The second kappa shape index (κ2) is 9.59. The molecule has 0 atom stereocenters. The minimum Gasteiger partial charge on any atom is -0.497 e. The number of thiophene rings is 1. The molecule has 0 aliphatic carbocycles. The lowest BCUT2D eigenvalue weighted by Crippen LogP contribution is -2.39. The number of carbonyl (C=O) groups excluding carboxylic acids is 1. The highest BCUT2D eigenvalue weighted by Crippen LogP contribution is 2.20. The van der Waals surface area contributed by atoms with E-state index < -0.39 is 0 Å². The summed E-state index contributed by atoms with van der Waals surface area (Å²) in [4.78, 5) is 15.9. The molecule has 0 saturated carbocycles. The molecule has 140 valence electrons. The van der Waals surface area contributed by atoms with Gasteiger partial charge in [-0.3, -0.25) is 9.69 Å². The van der Waals surface area contributed by atoms with Crippen molar-refractivity contribution in [3.63, 3.8) is 0 Å². The smallest absolute Gasteiger partial charge is 0.257 e. The molecule has 0 unspecified atom stereocenters. The number of methoxy groups -OCH3 is 1. The van der Waals surface area contributed by atoms with Crippen LogP contribution in [0.2, 0.25) is 0 Å². The summed E-state index contributed by atoms with van der Waals surface area (Å²) in [6, 6.07) is 11.5. The molecular formula is C20H26N2O3S. The molecule has 0 bridgehead atoms. The van der Waals surface area contributed by atoms with Crippen molar-refractivity contribution in [2.45, 2.75) is 19.4 Å². The zero-order valence-electron chi connectivity index (χ0n) is 15.1. The van der Waals surface area contributed by atoms with Crippen LogP contribution in [-0.2, 0) is 11.3 Å². The maximum absolute atomic E-state index is 12.0. The van der Waals surface area contributed by atoms with Crippen molar-refractivity contribution in [3.8, 4) is 11.5 Å². The van der Waals surface area contributed by atoms with Crippen molar-refractivity contribution in [3.05, 3.63) is 46.7 Å². The molecule has 6 heteroatoms. The summed E-state index contributed by atoms with van der Waals surface area (Å²) in [7, 11) is 1.62. The van der Waals surface area contributed by atoms with Crippen LogP contribution in [0.25, 0.3) is 0 Å². The lowest BCUT2D eigenvalue weighted by molar-refractivity contribution is -0.123. The van der Waals surface area contributed by atoms with E-state index >= 15 is 0 Å².